The molecule has 2 aliphatic rings. The van der Waals surface area contributed by atoms with Gasteiger partial charge in [0.25, 0.3) is 0 Å². The molecule has 0 radical (unpaired) electrons. The number of carbonyl (C=O) groups excluding carboxylic acids is 2. The van der Waals surface area contributed by atoms with Crippen LogP contribution in [0.3, 0.4) is 0 Å². The summed E-state index contributed by atoms with van der Waals surface area (Å²) in [7, 11) is 1.52. The quantitative estimate of drug-likeness (QED) is 0.271. The highest BCUT2D eigenvalue weighted by Gasteiger charge is 2.61. The summed E-state index contributed by atoms with van der Waals surface area (Å²) in [4.78, 5) is 23.5. The maximum absolute atomic E-state index is 12.4. The third kappa shape index (κ3) is 7.99. The number of rotatable bonds is 7. The van der Waals surface area contributed by atoms with Crippen LogP contribution in [0, 0.1) is 17.3 Å². The number of halogens is 2. The zero-order chi connectivity index (χ0) is 30.5. The van der Waals surface area contributed by atoms with Crippen molar-refractivity contribution < 1.29 is 28.5 Å². The Morgan fingerprint density at radius 2 is 1.67 bits per heavy atom. The molecule has 2 unspecified atom stereocenters. The first kappa shape index (κ1) is 31.3. The van der Waals surface area contributed by atoms with Gasteiger partial charge in [0.1, 0.15) is 28.2 Å². The molecule has 0 saturated heterocycles. The van der Waals surface area contributed by atoms with E-state index in [4.69, 9.17) is 42.1 Å². The van der Waals surface area contributed by atoms with Crippen LogP contribution >= 0.6 is 23.2 Å². The highest BCUT2D eigenvalue weighted by Crippen LogP contribution is 2.60. The molecule has 1 saturated carbocycles. The summed E-state index contributed by atoms with van der Waals surface area (Å²) < 4.78 is 22.4. The number of ether oxygens (including phenoxy) is 4. The Kier molecular flexibility index (Phi) is 9.74. The van der Waals surface area contributed by atoms with Gasteiger partial charge < -0.3 is 24.3 Å². The zero-order valence-electron chi connectivity index (χ0n) is 24.3. The highest BCUT2D eigenvalue weighted by atomic mass is 35.5. The average molecular weight is 613 g/mol. The minimum atomic E-state index is -0.485. The van der Waals surface area contributed by atoms with Gasteiger partial charge in [-0.1, -0.05) is 79.5 Å². The van der Waals surface area contributed by atoms with Crippen molar-refractivity contribution in [2.75, 3.05) is 7.05 Å². The maximum atomic E-state index is 12.4. The normalized spacial score (nSPS) is 18.6. The third-order valence-corrected chi connectivity index (χ3v) is 7.44. The predicted octanol–water partition coefficient (Wildman–Crippen LogP) is 8.23. The molecule has 0 spiro atoms. The SMILES string of the molecule is CC1(C)C(C=C(Cl)Cl)C1C(=O)OCc1cccc(Oc2ccccc2)c1.CNC(=O)Oc1cccc2c1OC(C)(C)C2. The van der Waals surface area contributed by atoms with E-state index in [9.17, 15) is 9.59 Å². The maximum Gasteiger partial charge on any atom is 0.412 e. The molecule has 7 nitrogen and oxygen atoms in total. The number of nitrogens with one attached hydrogen (secondary N) is 1. The van der Waals surface area contributed by atoms with E-state index in [1.54, 1.807) is 12.1 Å². The first-order valence-corrected chi connectivity index (χ1v) is 14.4. The van der Waals surface area contributed by atoms with Crippen LogP contribution in [0.25, 0.3) is 0 Å². The van der Waals surface area contributed by atoms with Gasteiger partial charge in [-0.3, -0.25) is 4.79 Å². The molecule has 5 rings (SSSR count). The molecule has 1 N–H and O–H groups in total. The first-order valence-electron chi connectivity index (χ1n) is 13.6. The van der Waals surface area contributed by atoms with Crippen molar-refractivity contribution in [1.82, 2.24) is 5.32 Å². The van der Waals surface area contributed by atoms with Crippen molar-refractivity contribution in [2.24, 2.45) is 17.3 Å². The van der Waals surface area contributed by atoms with Gasteiger partial charge in [0, 0.05) is 19.0 Å². The summed E-state index contributed by atoms with van der Waals surface area (Å²) in [6.45, 7) is 8.23. The summed E-state index contributed by atoms with van der Waals surface area (Å²) in [6.07, 6.45) is 2.05. The Morgan fingerprint density at radius 3 is 2.36 bits per heavy atom. The molecule has 1 aliphatic carbocycles. The second kappa shape index (κ2) is 13.1. The summed E-state index contributed by atoms with van der Waals surface area (Å²) in [5, 5.41) is 2.41. The number of hydrogen-bond acceptors (Lipinski definition) is 6. The third-order valence-electron chi connectivity index (χ3n) is 7.19. The monoisotopic (exact) mass is 611 g/mol. The Bertz CT molecular complexity index is 1450. The zero-order valence-corrected chi connectivity index (χ0v) is 25.8. The highest BCUT2D eigenvalue weighted by molar-refractivity contribution is 6.55. The summed E-state index contributed by atoms with van der Waals surface area (Å²) in [5.41, 5.74) is 1.52. The van der Waals surface area contributed by atoms with Crippen molar-refractivity contribution in [3.8, 4) is 23.0 Å². The lowest BCUT2D eigenvalue weighted by Crippen LogP contribution is -2.25. The molecular formula is C33H35Cl2NO6. The number of para-hydroxylation sites is 2. The van der Waals surface area contributed by atoms with Crippen molar-refractivity contribution in [3.05, 3.63) is 94.5 Å². The lowest BCUT2D eigenvalue weighted by atomic mass is 10.0. The topological polar surface area (TPSA) is 83.1 Å². The van der Waals surface area contributed by atoms with Crippen LogP contribution in [-0.4, -0.2) is 24.7 Å². The van der Waals surface area contributed by atoms with E-state index >= 15 is 0 Å². The standard InChI is InChI=1S/C21H20Cl2O3.C12H15NO3/c1-21(2)17(12-18(22)23)19(21)20(24)25-13-14-7-6-10-16(11-14)26-15-8-4-3-5-9-15;1-12(2)7-8-5-4-6-9(10(8)16-12)15-11(14)13-3/h3-12,17,19H,13H2,1-2H3;4-6H,7H2,1-3H3,(H,13,14). The fourth-order valence-corrected chi connectivity index (χ4v) is 5.23. The van der Waals surface area contributed by atoms with Crippen LogP contribution in [0.1, 0.15) is 38.8 Å². The van der Waals surface area contributed by atoms with E-state index in [0.29, 0.717) is 17.2 Å². The number of fused-ring (bicyclic) bond motifs is 1. The van der Waals surface area contributed by atoms with Gasteiger partial charge in [0.15, 0.2) is 11.5 Å². The van der Waals surface area contributed by atoms with E-state index in [1.807, 2.05) is 94.4 Å². The average Bonchev–Trinajstić information content (AvgIpc) is 3.30. The minimum Gasteiger partial charge on any atom is -0.483 e. The summed E-state index contributed by atoms with van der Waals surface area (Å²) in [5.74, 6) is 2.16. The van der Waals surface area contributed by atoms with Crippen molar-refractivity contribution >= 4 is 35.3 Å². The van der Waals surface area contributed by atoms with Crippen LogP contribution in [0.4, 0.5) is 4.79 Å². The lowest BCUT2D eigenvalue weighted by Gasteiger charge is -2.17. The fraction of sp³-hybridized carbons (Fsp3) is 0.333. The number of esters is 1. The molecule has 2 atom stereocenters. The largest absolute Gasteiger partial charge is 0.483 e. The van der Waals surface area contributed by atoms with Crippen LogP contribution < -0.4 is 19.5 Å². The van der Waals surface area contributed by atoms with E-state index in [0.717, 1.165) is 23.3 Å². The van der Waals surface area contributed by atoms with E-state index in [1.165, 1.54) is 7.05 Å². The van der Waals surface area contributed by atoms with Gasteiger partial charge in [-0.15, -0.1) is 0 Å². The van der Waals surface area contributed by atoms with E-state index in [-0.39, 0.29) is 39.9 Å². The predicted molar refractivity (Wildman–Crippen MR) is 163 cm³/mol. The van der Waals surface area contributed by atoms with Crippen molar-refractivity contribution in [3.63, 3.8) is 0 Å². The number of carbonyl (C=O) groups is 2. The molecule has 3 aromatic carbocycles. The van der Waals surface area contributed by atoms with Crippen LogP contribution in [0.5, 0.6) is 23.0 Å². The number of allylic oxidation sites excluding steroid dienone is 1. The smallest absolute Gasteiger partial charge is 0.412 e. The Labute approximate surface area is 256 Å². The molecule has 0 aromatic heterocycles. The molecule has 1 heterocycles. The molecule has 222 valence electrons. The molecule has 9 heteroatoms. The van der Waals surface area contributed by atoms with E-state index < -0.39 is 6.09 Å². The molecule has 1 fully saturated rings. The van der Waals surface area contributed by atoms with E-state index in [2.05, 4.69) is 5.32 Å². The number of amides is 1. The molecule has 42 heavy (non-hydrogen) atoms. The Balaban J connectivity index is 0.000000216. The van der Waals surface area contributed by atoms with Gasteiger partial charge in [0.2, 0.25) is 0 Å². The fourth-order valence-electron chi connectivity index (χ4n) is 4.96. The molecule has 1 amide bonds. The second-order valence-corrected chi connectivity index (χ2v) is 12.4. The van der Waals surface area contributed by atoms with Gasteiger partial charge >= 0.3 is 12.1 Å². The van der Waals surface area contributed by atoms with Gasteiger partial charge in [-0.05, 0) is 67.2 Å². The molecule has 1 aliphatic heterocycles. The number of hydrogen-bond donors (Lipinski definition) is 1. The molecule has 0 bridgehead atoms. The second-order valence-electron chi connectivity index (χ2n) is 11.4. The Hall–Kier alpha value is -3.68. The van der Waals surface area contributed by atoms with Gasteiger partial charge in [0.05, 0.1) is 5.92 Å². The molecular weight excluding hydrogens is 577 g/mol. The molecule has 3 aromatic rings. The van der Waals surface area contributed by atoms with Crippen LogP contribution in [-0.2, 0) is 22.6 Å². The minimum absolute atomic E-state index is 0.00717. The van der Waals surface area contributed by atoms with Crippen LogP contribution in [0.15, 0.2) is 83.4 Å². The number of benzene rings is 3. The summed E-state index contributed by atoms with van der Waals surface area (Å²) >= 11 is 11.5. The Morgan fingerprint density at radius 1 is 0.976 bits per heavy atom. The first-order chi connectivity index (χ1) is 19.9. The van der Waals surface area contributed by atoms with Gasteiger partial charge in [-0.2, -0.15) is 0 Å². The lowest BCUT2D eigenvalue weighted by molar-refractivity contribution is -0.147. The van der Waals surface area contributed by atoms with Crippen molar-refractivity contribution in [2.45, 2.75) is 46.3 Å². The van der Waals surface area contributed by atoms with Gasteiger partial charge in [-0.25, -0.2) is 4.79 Å². The van der Waals surface area contributed by atoms with Crippen LogP contribution in [0.2, 0.25) is 0 Å². The van der Waals surface area contributed by atoms with Crippen molar-refractivity contribution in [1.29, 1.82) is 0 Å². The summed E-state index contributed by atoms with van der Waals surface area (Å²) in [6, 6.07) is 22.6.